The van der Waals surface area contributed by atoms with E-state index in [-0.39, 0.29) is 12.3 Å². The monoisotopic (exact) mass is 296 g/mol. The van der Waals surface area contributed by atoms with Gasteiger partial charge in [0.2, 0.25) is 5.91 Å². The van der Waals surface area contributed by atoms with Crippen molar-refractivity contribution in [3.63, 3.8) is 0 Å². The molecule has 0 aromatic rings. The molecule has 6 nitrogen and oxygen atoms in total. The summed E-state index contributed by atoms with van der Waals surface area (Å²) in [6.45, 7) is 1.50. The molecule has 2 N–H and O–H groups in total. The van der Waals surface area contributed by atoms with Crippen LogP contribution in [-0.2, 0) is 14.3 Å². The SMILES string of the molecule is N#CC1(C(=O)NCCCCCCCC(=O)O)CCOCC1. The zero-order valence-corrected chi connectivity index (χ0v) is 12.4. The number of rotatable bonds is 9. The molecule has 1 fully saturated rings. The predicted octanol–water partition coefficient (Wildman–Crippen LogP) is 1.85. The van der Waals surface area contributed by atoms with Gasteiger partial charge in [0.1, 0.15) is 5.41 Å². The summed E-state index contributed by atoms with van der Waals surface area (Å²) in [6.07, 6.45) is 5.55. The van der Waals surface area contributed by atoms with E-state index in [4.69, 9.17) is 9.84 Å². The van der Waals surface area contributed by atoms with Crippen LogP contribution in [0.5, 0.6) is 0 Å². The molecular formula is C15H24N2O4. The molecule has 1 saturated heterocycles. The zero-order chi connectivity index (χ0) is 15.6. The highest BCUT2D eigenvalue weighted by molar-refractivity contribution is 5.85. The van der Waals surface area contributed by atoms with Gasteiger partial charge < -0.3 is 15.2 Å². The Labute approximate surface area is 125 Å². The van der Waals surface area contributed by atoms with Gasteiger partial charge in [-0.1, -0.05) is 19.3 Å². The summed E-state index contributed by atoms with van der Waals surface area (Å²) in [5.74, 6) is -0.931. The molecule has 1 rings (SSSR count). The van der Waals surface area contributed by atoms with Crippen molar-refractivity contribution in [2.45, 2.75) is 51.4 Å². The van der Waals surface area contributed by atoms with Crippen molar-refractivity contribution in [2.75, 3.05) is 19.8 Å². The van der Waals surface area contributed by atoms with Gasteiger partial charge in [-0.3, -0.25) is 9.59 Å². The van der Waals surface area contributed by atoms with Crippen LogP contribution < -0.4 is 5.32 Å². The highest BCUT2D eigenvalue weighted by Gasteiger charge is 2.40. The van der Waals surface area contributed by atoms with E-state index in [2.05, 4.69) is 11.4 Å². The van der Waals surface area contributed by atoms with Crippen molar-refractivity contribution >= 4 is 11.9 Å². The highest BCUT2D eigenvalue weighted by atomic mass is 16.5. The molecule has 0 radical (unpaired) electrons. The quantitative estimate of drug-likeness (QED) is 0.632. The first-order valence-electron chi connectivity index (χ1n) is 7.60. The summed E-state index contributed by atoms with van der Waals surface area (Å²) in [7, 11) is 0. The average molecular weight is 296 g/mol. The summed E-state index contributed by atoms with van der Waals surface area (Å²) in [4.78, 5) is 22.4. The van der Waals surface area contributed by atoms with Gasteiger partial charge in [0, 0.05) is 26.2 Å². The normalized spacial score (nSPS) is 16.9. The molecule has 0 atom stereocenters. The third-order valence-electron chi connectivity index (χ3n) is 3.85. The number of hydrogen-bond donors (Lipinski definition) is 2. The maximum absolute atomic E-state index is 12.1. The van der Waals surface area contributed by atoms with Crippen molar-refractivity contribution in [3.8, 4) is 6.07 Å². The van der Waals surface area contributed by atoms with Gasteiger partial charge in [-0.15, -0.1) is 0 Å². The van der Waals surface area contributed by atoms with Gasteiger partial charge in [-0.05, 0) is 25.7 Å². The van der Waals surface area contributed by atoms with Crippen molar-refractivity contribution in [1.29, 1.82) is 5.26 Å². The second-order valence-corrected chi connectivity index (χ2v) is 5.47. The molecule has 1 aliphatic rings. The Hall–Kier alpha value is -1.61. The third-order valence-corrected chi connectivity index (χ3v) is 3.85. The number of nitrogens with zero attached hydrogens (tertiary/aromatic N) is 1. The number of amides is 1. The molecule has 0 spiro atoms. The van der Waals surface area contributed by atoms with Crippen LogP contribution in [0.25, 0.3) is 0 Å². The van der Waals surface area contributed by atoms with Crippen LogP contribution in [-0.4, -0.2) is 36.7 Å². The summed E-state index contributed by atoms with van der Waals surface area (Å²) >= 11 is 0. The van der Waals surface area contributed by atoms with Crippen LogP contribution in [0, 0.1) is 16.7 Å². The van der Waals surface area contributed by atoms with E-state index in [0.717, 1.165) is 25.7 Å². The van der Waals surface area contributed by atoms with Crippen LogP contribution >= 0.6 is 0 Å². The Morgan fingerprint density at radius 3 is 2.38 bits per heavy atom. The van der Waals surface area contributed by atoms with E-state index < -0.39 is 11.4 Å². The van der Waals surface area contributed by atoms with E-state index in [1.807, 2.05) is 0 Å². The van der Waals surface area contributed by atoms with Crippen molar-refractivity contribution < 1.29 is 19.4 Å². The van der Waals surface area contributed by atoms with Crippen molar-refractivity contribution in [1.82, 2.24) is 5.32 Å². The first-order chi connectivity index (χ1) is 10.1. The van der Waals surface area contributed by atoms with Gasteiger partial charge in [-0.25, -0.2) is 0 Å². The Kier molecular flexibility index (Phi) is 7.76. The molecule has 0 aromatic heterocycles. The molecule has 21 heavy (non-hydrogen) atoms. The lowest BCUT2D eigenvalue weighted by molar-refractivity contribution is -0.137. The van der Waals surface area contributed by atoms with E-state index in [9.17, 15) is 14.9 Å². The summed E-state index contributed by atoms with van der Waals surface area (Å²) in [5, 5.41) is 20.6. The first kappa shape index (κ1) is 17.4. The van der Waals surface area contributed by atoms with Gasteiger partial charge in [-0.2, -0.15) is 5.26 Å². The fourth-order valence-electron chi connectivity index (χ4n) is 2.41. The number of unbranched alkanes of at least 4 members (excludes halogenated alkanes) is 4. The maximum atomic E-state index is 12.1. The Morgan fingerprint density at radius 1 is 1.14 bits per heavy atom. The molecule has 1 amide bonds. The number of carbonyl (C=O) groups excluding carboxylic acids is 1. The molecule has 0 aromatic carbocycles. The Morgan fingerprint density at radius 2 is 1.76 bits per heavy atom. The van der Waals surface area contributed by atoms with E-state index in [1.54, 1.807) is 0 Å². The Bertz CT molecular complexity index is 384. The topological polar surface area (TPSA) is 99.4 Å². The first-order valence-corrected chi connectivity index (χ1v) is 7.60. The zero-order valence-electron chi connectivity index (χ0n) is 12.4. The molecule has 0 bridgehead atoms. The molecule has 1 aliphatic heterocycles. The minimum Gasteiger partial charge on any atom is -0.481 e. The van der Waals surface area contributed by atoms with Crippen LogP contribution in [0.2, 0.25) is 0 Å². The second kappa shape index (κ2) is 9.35. The number of nitriles is 1. The number of aliphatic carboxylic acids is 1. The minimum atomic E-state index is -0.917. The number of carboxylic acids is 1. The summed E-state index contributed by atoms with van der Waals surface area (Å²) in [6, 6.07) is 2.15. The van der Waals surface area contributed by atoms with Crippen LogP contribution in [0.1, 0.15) is 51.4 Å². The maximum Gasteiger partial charge on any atom is 0.303 e. The lowest BCUT2D eigenvalue weighted by Gasteiger charge is -2.29. The van der Waals surface area contributed by atoms with Crippen molar-refractivity contribution in [2.24, 2.45) is 5.41 Å². The lowest BCUT2D eigenvalue weighted by atomic mass is 9.81. The van der Waals surface area contributed by atoms with E-state index in [1.165, 1.54) is 0 Å². The molecular weight excluding hydrogens is 272 g/mol. The fraction of sp³-hybridized carbons (Fsp3) is 0.800. The summed E-state index contributed by atoms with van der Waals surface area (Å²) < 4.78 is 5.20. The number of carboxylic acid groups (broad SMARTS) is 1. The number of ether oxygens (including phenoxy) is 1. The fourth-order valence-corrected chi connectivity index (χ4v) is 2.41. The van der Waals surface area contributed by atoms with Gasteiger partial charge in [0.05, 0.1) is 6.07 Å². The lowest BCUT2D eigenvalue weighted by Crippen LogP contribution is -2.44. The molecule has 0 saturated carbocycles. The molecule has 0 unspecified atom stereocenters. The standard InChI is InChI=1S/C15H24N2O4/c16-12-15(7-10-21-11-8-15)14(20)17-9-5-3-1-2-4-6-13(18)19/h1-11H2,(H,17,20)(H,18,19). The summed E-state index contributed by atoms with van der Waals surface area (Å²) in [5.41, 5.74) is -0.917. The highest BCUT2D eigenvalue weighted by Crippen LogP contribution is 2.29. The molecule has 6 heteroatoms. The van der Waals surface area contributed by atoms with Crippen molar-refractivity contribution in [3.05, 3.63) is 0 Å². The largest absolute Gasteiger partial charge is 0.481 e. The van der Waals surface area contributed by atoms with Gasteiger partial charge >= 0.3 is 5.97 Å². The second-order valence-electron chi connectivity index (χ2n) is 5.47. The third kappa shape index (κ3) is 6.13. The number of carbonyl (C=O) groups is 2. The molecule has 118 valence electrons. The minimum absolute atomic E-state index is 0.181. The Balaban J connectivity index is 2.10. The number of nitrogens with one attached hydrogen (secondary N) is 1. The van der Waals surface area contributed by atoms with Gasteiger partial charge in [0.25, 0.3) is 0 Å². The molecule has 0 aliphatic carbocycles. The predicted molar refractivity (Wildman–Crippen MR) is 76.4 cm³/mol. The van der Waals surface area contributed by atoms with Crippen LogP contribution in [0.15, 0.2) is 0 Å². The molecule has 1 heterocycles. The van der Waals surface area contributed by atoms with E-state index in [0.29, 0.717) is 39.0 Å². The van der Waals surface area contributed by atoms with Gasteiger partial charge in [0.15, 0.2) is 0 Å². The smallest absolute Gasteiger partial charge is 0.303 e. The van der Waals surface area contributed by atoms with Crippen LogP contribution in [0.3, 0.4) is 0 Å². The van der Waals surface area contributed by atoms with E-state index >= 15 is 0 Å². The average Bonchev–Trinajstić information content (AvgIpc) is 2.50. The number of hydrogen-bond acceptors (Lipinski definition) is 4. The van der Waals surface area contributed by atoms with Crippen LogP contribution in [0.4, 0.5) is 0 Å².